The van der Waals surface area contributed by atoms with Gasteiger partial charge in [-0.05, 0) is 29.7 Å². The number of methoxy groups -OCH3 is 4. The predicted molar refractivity (Wildman–Crippen MR) is 120 cm³/mol. The molecule has 0 saturated carbocycles. The van der Waals surface area contributed by atoms with Crippen molar-refractivity contribution in [1.82, 2.24) is 5.32 Å². The zero-order valence-electron chi connectivity index (χ0n) is 19.1. The standard InChI is InChI=1S/C23H28ClNO8/c1-23(32-5)18-12(6-7-14(18)15(11-33-23)22(27)28)10-25-21(26)19(24)13-8-16(29-2)20(31-4)17(9-13)30-3/h6,8-9,11,14,18-19H,7,10H2,1-5H3,(H,25,26)(H,27,28)/t14?,18?,19?,23-/m1/s1. The van der Waals surface area contributed by atoms with Gasteiger partial charge < -0.3 is 34.1 Å². The summed E-state index contributed by atoms with van der Waals surface area (Å²) in [6.07, 6.45) is 3.68. The summed E-state index contributed by atoms with van der Waals surface area (Å²) in [6.45, 7) is 1.92. The zero-order valence-corrected chi connectivity index (χ0v) is 19.9. The summed E-state index contributed by atoms with van der Waals surface area (Å²) >= 11 is 6.46. The van der Waals surface area contributed by atoms with Crippen LogP contribution in [0.2, 0.25) is 0 Å². The number of hydrogen-bond donors (Lipinski definition) is 2. The largest absolute Gasteiger partial charge is 0.493 e. The minimum absolute atomic E-state index is 0.169. The number of rotatable bonds is 9. The van der Waals surface area contributed by atoms with Crippen LogP contribution in [0.15, 0.2) is 35.6 Å². The van der Waals surface area contributed by atoms with E-state index in [1.807, 2.05) is 6.08 Å². The smallest absolute Gasteiger partial charge is 0.335 e. The summed E-state index contributed by atoms with van der Waals surface area (Å²) in [5.41, 5.74) is 1.47. The highest BCUT2D eigenvalue weighted by molar-refractivity contribution is 6.30. The highest BCUT2D eigenvalue weighted by atomic mass is 35.5. The van der Waals surface area contributed by atoms with Crippen LogP contribution in [0.5, 0.6) is 17.2 Å². The van der Waals surface area contributed by atoms with Crippen LogP contribution in [-0.4, -0.2) is 57.8 Å². The molecule has 1 aliphatic carbocycles. The first-order valence-corrected chi connectivity index (χ1v) is 10.7. The lowest BCUT2D eigenvalue weighted by molar-refractivity contribution is -0.219. The van der Waals surface area contributed by atoms with Gasteiger partial charge in [-0.3, -0.25) is 4.79 Å². The van der Waals surface area contributed by atoms with Crippen molar-refractivity contribution in [2.75, 3.05) is 35.0 Å². The lowest BCUT2D eigenvalue weighted by Gasteiger charge is -2.41. The zero-order chi connectivity index (χ0) is 24.3. The van der Waals surface area contributed by atoms with Crippen molar-refractivity contribution < 1.29 is 38.4 Å². The number of amides is 1. The molecule has 1 aromatic carbocycles. The number of nitrogens with one attached hydrogen (secondary N) is 1. The maximum atomic E-state index is 12.9. The molecule has 3 unspecified atom stereocenters. The first kappa shape index (κ1) is 24.7. The van der Waals surface area contributed by atoms with Gasteiger partial charge in [0.15, 0.2) is 11.5 Å². The van der Waals surface area contributed by atoms with Crippen LogP contribution in [0.1, 0.15) is 24.3 Å². The molecule has 0 fully saturated rings. The molecular formula is C23H28ClNO8. The maximum Gasteiger partial charge on any atom is 0.335 e. The highest BCUT2D eigenvalue weighted by Gasteiger charge is 2.51. The second-order valence-electron chi connectivity index (χ2n) is 7.85. The van der Waals surface area contributed by atoms with Gasteiger partial charge in [-0.1, -0.05) is 6.08 Å². The fourth-order valence-electron chi connectivity index (χ4n) is 4.39. The number of benzene rings is 1. The predicted octanol–water partition coefficient (Wildman–Crippen LogP) is 3.03. The molecule has 180 valence electrons. The van der Waals surface area contributed by atoms with Gasteiger partial charge in [-0.15, -0.1) is 11.6 Å². The molecule has 1 aromatic rings. The van der Waals surface area contributed by atoms with Crippen LogP contribution in [0.25, 0.3) is 0 Å². The Balaban J connectivity index is 1.76. The summed E-state index contributed by atoms with van der Waals surface area (Å²) in [5, 5.41) is 11.3. The van der Waals surface area contributed by atoms with E-state index in [0.29, 0.717) is 29.2 Å². The fourth-order valence-corrected chi connectivity index (χ4v) is 4.60. The number of aliphatic carboxylic acids is 1. The van der Waals surface area contributed by atoms with Crippen molar-refractivity contribution >= 4 is 23.5 Å². The van der Waals surface area contributed by atoms with E-state index in [1.165, 1.54) is 34.7 Å². The number of fused-ring (bicyclic) bond motifs is 1. The number of hydrogen-bond acceptors (Lipinski definition) is 7. The van der Waals surface area contributed by atoms with E-state index in [0.717, 1.165) is 5.57 Å². The van der Waals surface area contributed by atoms with E-state index in [4.69, 9.17) is 35.3 Å². The SMILES string of the molecule is COc1cc(C(Cl)C(=O)NCC2=CCC3C(C(=O)O)=CO[C@@](C)(OC)C23)cc(OC)c1OC. The molecule has 2 aliphatic rings. The first-order chi connectivity index (χ1) is 15.7. The van der Waals surface area contributed by atoms with Crippen molar-refractivity contribution in [3.05, 3.63) is 41.2 Å². The maximum absolute atomic E-state index is 12.9. The van der Waals surface area contributed by atoms with Gasteiger partial charge in [-0.2, -0.15) is 0 Å². The quantitative estimate of drug-likeness (QED) is 0.409. The Morgan fingerprint density at radius 2 is 1.85 bits per heavy atom. The normalized spacial score (nSPS) is 24.5. The average molecular weight is 482 g/mol. The lowest BCUT2D eigenvalue weighted by Crippen LogP contribution is -2.47. The van der Waals surface area contributed by atoms with Crippen molar-refractivity contribution in [2.24, 2.45) is 11.8 Å². The van der Waals surface area contributed by atoms with E-state index in [9.17, 15) is 14.7 Å². The molecule has 10 heteroatoms. The number of ether oxygens (including phenoxy) is 5. The lowest BCUT2D eigenvalue weighted by atomic mass is 9.78. The van der Waals surface area contributed by atoms with Crippen molar-refractivity contribution in [1.29, 1.82) is 0 Å². The van der Waals surface area contributed by atoms with Gasteiger partial charge in [-0.25, -0.2) is 4.79 Å². The van der Waals surface area contributed by atoms with E-state index in [2.05, 4.69) is 5.32 Å². The first-order valence-electron chi connectivity index (χ1n) is 10.3. The number of allylic oxidation sites excluding steroid dienone is 1. The van der Waals surface area contributed by atoms with Crippen LogP contribution in [0.4, 0.5) is 0 Å². The van der Waals surface area contributed by atoms with E-state index in [-0.39, 0.29) is 24.0 Å². The Labute approximate surface area is 197 Å². The van der Waals surface area contributed by atoms with E-state index >= 15 is 0 Å². The molecule has 0 bridgehead atoms. The summed E-state index contributed by atoms with van der Waals surface area (Å²) < 4.78 is 27.2. The number of carbonyl (C=O) groups is 2. The van der Waals surface area contributed by atoms with Crippen LogP contribution in [0.3, 0.4) is 0 Å². The van der Waals surface area contributed by atoms with Crippen LogP contribution >= 0.6 is 11.6 Å². The van der Waals surface area contributed by atoms with Crippen molar-refractivity contribution in [3.63, 3.8) is 0 Å². The van der Waals surface area contributed by atoms with Crippen LogP contribution in [0, 0.1) is 11.8 Å². The number of carboxylic acid groups (broad SMARTS) is 1. The highest BCUT2D eigenvalue weighted by Crippen LogP contribution is 2.48. The average Bonchev–Trinajstić information content (AvgIpc) is 3.26. The van der Waals surface area contributed by atoms with Gasteiger partial charge in [0.2, 0.25) is 17.4 Å². The third-order valence-corrected chi connectivity index (χ3v) is 6.60. The monoisotopic (exact) mass is 481 g/mol. The molecule has 0 aromatic heterocycles. The molecular weight excluding hydrogens is 454 g/mol. The molecule has 1 aliphatic heterocycles. The molecule has 33 heavy (non-hydrogen) atoms. The number of carbonyl (C=O) groups excluding carboxylic acids is 1. The van der Waals surface area contributed by atoms with Gasteiger partial charge in [0.1, 0.15) is 5.38 Å². The third kappa shape index (κ3) is 4.60. The fraction of sp³-hybridized carbons (Fsp3) is 0.478. The van der Waals surface area contributed by atoms with Gasteiger partial charge >= 0.3 is 5.97 Å². The second kappa shape index (κ2) is 9.93. The Bertz CT molecular complexity index is 966. The second-order valence-corrected chi connectivity index (χ2v) is 8.29. The summed E-state index contributed by atoms with van der Waals surface area (Å²) in [6, 6.07) is 3.23. The number of halogens is 1. The Hall–Kier alpha value is -2.91. The molecule has 1 heterocycles. The molecule has 9 nitrogen and oxygen atoms in total. The van der Waals surface area contributed by atoms with Crippen LogP contribution < -0.4 is 19.5 Å². The van der Waals surface area contributed by atoms with Crippen molar-refractivity contribution in [2.45, 2.75) is 24.5 Å². The Kier molecular flexibility index (Phi) is 7.44. The van der Waals surface area contributed by atoms with E-state index < -0.39 is 23.0 Å². The minimum Gasteiger partial charge on any atom is -0.493 e. The van der Waals surface area contributed by atoms with Gasteiger partial charge in [0.25, 0.3) is 0 Å². The topological polar surface area (TPSA) is 113 Å². The number of carboxylic acids is 1. The van der Waals surface area contributed by atoms with Crippen LogP contribution in [-0.2, 0) is 19.1 Å². The Morgan fingerprint density at radius 1 is 1.21 bits per heavy atom. The molecule has 0 spiro atoms. The third-order valence-electron chi connectivity index (χ3n) is 6.15. The minimum atomic E-state index is -1.05. The van der Waals surface area contributed by atoms with E-state index in [1.54, 1.807) is 19.1 Å². The molecule has 2 N–H and O–H groups in total. The van der Waals surface area contributed by atoms with Gasteiger partial charge in [0.05, 0.1) is 39.1 Å². The molecule has 1 amide bonds. The van der Waals surface area contributed by atoms with Crippen molar-refractivity contribution in [3.8, 4) is 17.2 Å². The molecule has 0 radical (unpaired) electrons. The summed E-state index contributed by atoms with van der Waals surface area (Å²) in [4.78, 5) is 24.5. The molecule has 0 saturated heterocycles. The van der Waals surface area contributed by atoms with Gasteiger partial charge in [0, 0.05) is 26.5 Å². The number of alkyl halides is 1. The Morgan fingerprint density at radius 3 is 2.36 bits per heavy atom. The molecule has 3 rings (SSSR count). The molecule has 4 atom stereocenters. The summed E-state index contributed by atoms with van der Waals surface area (Å²) in [7, 11) is 5.95. The summed E-state index contributed by atoms with van der Waals surface area (Å²) in [5.74, 6) is -2.03.